The smallest absolute Gasteiger partial charge is 0.317 e. The average Bonchev–Trinajstić information content (AvgIpc) is 2.53. The quantitative estimate of drug-likeness (QED) is 0.481. The Morgan fingerprint density at radius 3 is 2.59 bits per heavy atom. The van der Waals surface area contributed by atoms with E-state index in [0.717, 1.165) is 0 Å². The summed E-state index contributed by atoms with van der Waals surface area (Å²) in [6, 6.07) is 6.23. The van der Waals surface area contributed by atoms with Gasteiger partial charge in [0.15, 0.2) is 5.78 Å². The molecule has 0 saturated carbocycles. The molecular formula is C13H14O4. The third-order valence-electron chi connectivity index (χ3n) is 3.04. The Kier molecular flexibility index (Phi) is 2.65. The SMILES string of the molecule is CC1(C)COC(=O)C1C(=O)c1ccccc1O. The van der Waals surface area contributed by atoms with Gasteiger partial charge in [-0.15, -0.1) is 0 Å². The fraction of sp³-hybridized carbons (Fsp3) is 0.385. The molecule has 1 aromatic carbocycles. The van der Waals surface area contributed by atoms with Crippen molar-refractivity contribution in [3.63, 3.8) is 0 Å². The summed E-state index contributed by atoms with van der Waals surface area (Å²) in [5.74, 6) is -1.83. The molecule has 90 valence electrons. The number of phenolic OH excluding ortho intramolecular Hbond substituents is 1. The van der Waals surface area contributed by atoms with Crippen LogP contribution in [0.2, 0.25) is 0 Å². The Balaban J connectivity index is 2.39. The average molecular weight is 234 g/mol. The maximum atomic E-state index is 12.2. The van der Waals surface area contributed by atoms with Gasteiger partial charge in [-0.3, -0.25) is 9.59 Å². The number of benzene rings is 1. The van der Waals surface area contributed by atoms with Crippen LogP contribution in [-0.4, -0.2) is 23.5 Å². The Labute approximate surface area is 99.2 Å². The largest absolute Gasteiger partial charge is 0.507 e. The van der Waals surface area contributed by atoms with Crippen molar-refractivity contribution in [2.24, 2.45) is 11.3 Å². The minimum absolute atomic E-state index is 0.104. The van der Waals surface area contributed by atoms with Crippen molar-refractivity contribution in [1.29, 1.82) is 0 Å². The summed E-state index contributed by atoms with van der Waals surface area (Å²) < 4.78 is 4.92. The Hall–Kier alpha value is -1.84. The van der Waals surface area contributed by atoms with Gasteiger partial charge in [-0.2, -0.15) is 0 Å². The zero-order valence-corrected chi connectivity index (χ0v) is 9.77. The second-order valence-corrected chi connectivity index (χ2v) is 4.91. The maximum Gasteiger partial charge on any atom is 0.317 e. The van der Waals surface area contributed by atoms with Crippen LogP contribution in [0.3, 0.4) is 0 Å². The van der Waals surface area contributed by atoms with Gasteiger partial charge in [0, 0.05) is 5.41 Å². The Bertz CT molecular complexity index is 476. The fourth-order valence-electron chi connectivity index (χ4n) is 2.04. The minimum Gasteiger partial charge on any atom is -0.507 e. The first-order valence-corrected chi connectivity index (χ1v) is 5.42. The number of cyclic esters (lactones) is 1. The lowest BCUT2D eigenvalue weighted by atomic mass is 9.77. The number of carbonyl (C=O) groups excluding carboxylic acids is 2. The molecular weight excluding hydrogens is 220 g/mol. The topological polar surface area (TPSA) is 63.6 Å². The molecule has 17 heavy (non-hydrogen) atoms. The van der Waals surface area contributed by atoms with Gasteiger partial charge in [-0.25, -0.2) is 0 Å². The van der Waals surface area contributed by atoms with Gasteiger partial charge in [0.2, 0.25) is 0 Å². The third-order valence-corrected chi connectivity index (χ3v) is 3.04. The zero-order chi connectivity index (χ0) is 12.6. The van der Waals surface area contributed by atoms with Crippen molar-refractivity contribution in [3.05, 3.63) is 29.8 Å². The first-order chi connectivity index (χ1) is 7.93. The van der Waals surface area contributed by atoms with E-state index in [1.54, 1.807) is 26.0 Å². The molecule has 1 atom stereocenters. The summed E-state index contributed by atoms with van der Waals surface area (Å²) in [6.07, 6.45) is 0. The van der Waals surface area contributed by atoms with Crippen LogP contribution in [0, 0.1) is 11.3 Å². The second-order valence-electron chi connectivity index (χ2n) is 4.91. The van der Waals surface area contributed by atoms with Crippen molar-refractivity contribution >= 4 is 11.8 Å². The molecule has 4 heteroatoms. The first kappa shape index (κ1) is 11.6. The molecule has 2 rings (SSSR count). The first-order valence-electron chi connectivity index (χ1n) is 5.42. The van der Waals surface area contributed by atoms with Crippen molar-refractivity contribution < 1.29 is 19.4 Å². The fourth-order valence-corrected chi connectivity index (χ4v) is 2.04. The van der Waals surface area contributed by atoms with E-state index in [1.807, 2.05) is 0 Å². The van der Waals surface area contributed by atoms with Crippen LogP contribution < -0.4 is 0 Å². The van der Waals surface area contributed by atoms with E-state index in [0.29, 0.717) is 0 Å². The van der Waals surface area contributed by atoms with Crippen LogP contribution in [0.15, 0.2) is 24.3 Å². The van der Waals surface area contributed by atoms with Crippen LogP contribution in [0.1, 0.15) is 24.2 Å². The van der Waals surface area contributed by atoms with E-state index in [2.05, 4.69) is 0 Å². The molecule has 1 saturated heterocycles. The third kappa shape index (κ3) is 1.90. The predicted octanol–water partition coefficient (Wildman–Crippen LogP) is 1.77. The Morgan fingerprint density at radius 2 is 2.06 bits per heavy atom. The minimum atomic E-state index is -0.837. The highest BCUT2D eigenvalue weighted by atomic mass is 16.5. The van der Waals surface area contributed by atoms with E-state index in [-0.39, 0.29) is 23.7 Å². The molecule has 1 aliphatic rings. The molecule has 1 unspecified atom stereocenters. The summed E-state index contributed by atoms with van der Waals surface area (Å²) in [5.41, 5.74) is -0.361. The number of rotatable bonds is 2. The van der Waals surface area contributed by atoms with Crippen LogP contribution in [-0.2, 0) is 9.53 Å². The van der Waals surface area contributed by atoms with E-state index >= 15 is 0 Å². The number of esters is 1. The molecule has 0 aliphatic carbocycles. The molecule has 4 nitrogen and oxygen atoms in total. The zero-order valence-electron chi connectivity index (χ0n) is 9.77. The van der Waals surface area contributed by atoms with Crippen LogP contribution >= 0.6 is 0 Å². The number of hydrogen-bond acceptors (Lipinski definition) is 4. The maximum absolute atomic E-state index is 12.2. The van der Waals surface area contributed by atoms with E-state index < -0.39 is 17.3 Å². The van der Waals surface area contributed by atoms with Gasteiger partial charge < -0.3 is 9.84 Å². The van der Waals surface area contributed by atoms with Gasteiger partial charge in [-0.1, -0.05) is 26.0 Å². The van der Waals surface area contributed by atoms with Crippen LogP contribution in [0.25, 0.3) is 0 Å². The molecule has 1 heterocycles. The normalized spacial score (nSPS) is 22.2. The highest BCUT2D eigenvalue weighted by Crippen LogP contribution is 2.37. The number of phenols is 1. The molecule has 0 aromatic heterocycles. The number of aromatic hydroxyl groups is 1. The highest BCUT2D eigenvalue weighted by Gasteiger charge is 2.48. The number of ether oxygens (including phenoxy) is 1. The van der Waals surface area contributed by atoms with Gasteiger partial charge >= 0.3 is 5.97 Å². The lowest BCUT2D eigenvalue weighted by Gasteiger charge is -2.20. The van der Waals surface area contributed by atoms with E-state index in [4.69, 9.17) is 4.74 Å². The lowest BCUT2D eigenvalue weighted by molar-refractivity contribution is -0.140. The molecule has 0 spiro atoms. The summed E-state index contributed by atoms with van der Waals surface area (Å²) in [6.45, 7) is 3.84. The molecule has 0 bridgehead atoms. The number of ketones is 1. The van der Waals surface area contributed by atoms with Crippen molar-refractivity contribution in [1.82, 2.24) is 0 Å². The van der Waals surface area contributed by atoms with Crippen molar-refractivity contribution in [3.8, 4) is 5.75 Å². The molecule has 1 fully saturated rings. The number of para-hydroxylation sites is 1. The second kappa shape index (κ2) is 3.87. The summed E-state index contributed by atoms with van der Waals surface area (Å²) in [7, 11) is 0. The predicted molar refractivity (Wildman–Crippen MR) is 60.7 cm³/mol. The highest BCUT2D eigenvalue weighted by molar-refractivity contribution is 6.11. The standard InChI is InChI=1S/C13H14O4/c1-13(2)7-17-12(16)10(13)11(15)8-5-3-4-6-9(8)14/h3-6,10,14H,7H2,1-2H3. The van der Waals surface area contributed by atoms with Crippen LogP contribution in [0.5, 0.6) is 5.75 Å². The molecule has 1 aliphatic heterocycles. The number of carbonyl (C=O) groups is 2. The lowest BCUT2D eigenvalue weighted by Crippen LogP contribution is -2.31. The van der Waals surface area contributed by atoms with Crippen molar-refractivity contribution in [2.45, 2.75) is 13.8 Å². The van der Waals surface area contributed by atoms with E-state index in [9.17, 15) is 14.7 Å². The summed E-state index contributed by atoms with van der Waals surface area (Å²) >= 11 is 0. The van der Waals surface area contributed by atoms with E-state index in [1.165, 1.54) is 12.1 Å². The Morgan fingerprint density at radius 1 is 1.41 bits per heavy atom. The van der Waals surface area contributed by atoms with Gasteiger partial charge in [0.1, 0.15) is 11.7 Å². The molecule has 0 amide bonds. The van der Waals surface area contributed by atoms with Gasteiger partial charge in [0.05, 0.1) is 12.2 Å². The monoisotopic (exact) mass is 234 g/mol. The van der Waals surface area contributed by atoms with Gasteiger partial charge in [-0.05, 0) is 12.1 Å². The van der Waals surface area contributed by atoms with Gasteiger partial charge in [0.25, 0.3) is 0 Å². The number of hydrogen-bond donors (Lipinski definition) is 1. The van der Waals surface area contributed by atoms with Crippen molar-refractivity contribution in [2.75, 3.05) is 6.61 Å². The molecule has 0 radical (unpaired) electrons. The summed E-state index contributed by atoms with van der Waals surface area (Å²) in [4.78, 5) is 23.8. The van der Waals surface area contributed by atoms with Crippen LogP contribution in [0.4, 0.5) is 0 Å². The molecule has 1 aromatic rings. The molecule has 1 N–H and O–H groups in total. The number of Topliss-reactive ketones (excluding diaryl/α,β-unsaturated/α-hetero) is 1. The summed E-state index contributed by atoms with van der Waals surface area (Å²) in [5, 5.41) is 9.62.